The average molecular weight is 362 g/mol. The summed E-state index contributed by atoms with van der Waals surface area (Å²) in [7, 11) is -2.10. The predicted molar refractivity (Wildman–Crippen MR) is 105 cm³/mol. The van der Waals surface area contributed by atoms with Crippen molar-refractivity contribution in [2.75, 3.05) is 13.2 Å². The minimum absolute atomic E-state index is 0.473. The first-order valence-electron chi connectivity index (χ1n) is 9.84. The summed E-state index contributed by atoms with van der Waals surface area (Å²) in [6.07, 6.45) is 11.3. The molecule has 0 radical (unpaired) electrons. The van der Waals surface area contributed by atoms with Gasteiger partial charge >= 0.3 is 8.56 Å². The van der Waals surface area contributed by atoms with Crippen LogP contribution in [0.3, 0.4) is 0 Å². The Morgan fingerprint density at radius 2 is 1.87 bits per heavy atom. The zero-order chi connectivity index (χ0) is 17.0. The van der Waals surface area contributed by atoms with Gasteiger partial charge in [-0.15, -0.1) is 0 Å². The second-order valence-electron chi connectivity index (χ2n) is 7.22. The summed E-state index contributed by atoms with van der Waals surface area (Å²) in [5, 5.41) is 0.473. The SMILES string of the molecule is CCCCCCCC[Si]1(CCC(S)CC)OCCC(C)CNO1. The van der Waals surface area contributed by atoms with Crippen LogP contribution in [0.1, 0.15) is 78.6 Å². The van der Waals surface area contributed by atoms with E-state index in [1.165, 1.54) is 38.5 Å². The molecule has 0 amide bonds. The Morgan fingerprint density at radius 1 is 1.13 bits per heavy atom. The third kappa shape index (κ3) is 9.49. The summed E-state index contributed by atoms with van der Waals surface area (Å²) in [5.74, 6) is 0.629. The number of hydroxylamine groups is 1. The summed E-state index contributed by atoms with van der Waals surface area (Å²) in [6.45, 7) is 8.55. The van der Waals surface area contributed by atoms with Crippen molar-refractivity contribution in [1.29, 1.82) is 0 Å². The Balaban J connectivity index is 2.46. The van der Waals surface area contributed by atoms with Crippen LogP contribution in [-0.4, -0.2) is 27.0 Å². The highest BCUT2D eigenvalue weighted by Crippen LogP contribution is 2.28. The number of unbranched alkanes of at least 4 members (excludes halogenated alkanes) is 5. The van der Waals surface area contributed by atoms with Crippen LogP contribution in [0, 0.1) is 5.92 Å². The number of hydrogen-bond acceptors (Lipinski definition) is 4. The summed E-state index contributed by atoms with van der Waals surface area (Å²) in [5.41, 5.74) is 3.24. The van der Waals surface area contributed by atoms with E-state index >= 15 is 0 Å². The van der Waals surface area contributed by atoms with Crippen LogP contribution < -0.4 is 5.48 Å². The highest BCUT2D eigenvalue weighted by atomic mass is 32.1. The number of nitrogens with one attached hydrogen (secondary N) is 1. The molecule has 0 bridgehead atoms. The molecule has 3 atom stereocenters. The molecule has 0 spiro atoms. The molecule has 0 aromatic carbocycles. The van der Waals surface area contributed by atoms with Gasteiger partial charge in [-0.05, 0) is 37.3 Å². The topological polar surface area (TPSA) is 30.5 Å². The van der Waals surface area contributed by atoms with Crippen molar-refractivity contribution in [1.82, 2.24) is 5.48 Å². The highest BCUT2D eigenvalue weighted by Gasteiger charge is 2.39. The van der Waals surface area contributed by atoms with Gasteiger partial charge in [-0.25, -0.2) is 5.48 Å². The molecule has 0 aromatic rings. The van der Waals surface area contributed by atoms with Crippen LogP contribution in [0.2, 0.25) is 12.1 Å². The van der Waals surface area contributed by atoms with Gasteiger partial charge in [0.2, 0.25) is 0 Å². The maximum atomic E-state index is 6.38. The number of thiol groups is 1. The molecule has 1 heterocycles. The zero-order valence-corrected chi connectivity index (χ0v) is 17.5. The highest BCUT2D eigenvalue weighted by molar-refractivity contribution is 7.80. The van der Waals surface area contributed by atoms with E-state index in [1.807, 2.05) is 0 Å². The largest absolute Gasteiger partial charge is 0.393 e. The van der Waals surface area contributed by atoms with E-state index in [1.54, 1.807) is 0 Å². The minimum Gasteiger partial charge on any atom is -0.393 e. The fourth-order valence-corrected chi connectivity index (χ4v) is 6.62. The number of hydrogen-bond donors (Lipinski definition) is 2. The molecule has 0 aliphatic carbocycles. The van der Waals surface area contributed by atoms with Gasteiger partial charge in [0.05, 0.1) is 0 Å². The lowest BCUT2D eigenvalue weighted by Gasteiger charge is -2.34. The lowest BCUT2D eigenvalue weighted by atomic mass is 10.1. The van der Waals surface area contributed by atoms with Crippen molar-refractivity contribution in [2.45, 2.75) is 95.9 Å². The maximum absolute atomic E-state index is 6.38. The van der Waals surface area contributed by atoms with Crippen LogP contribution in [0.4, 0.5) is 0 Å². The Labute approximate surface area is 150 Å². The first-order chi connectivity index (χ1) is 11.1. The molecule has 1 aliphatic rings. The fraction of sp³-hybridized carbons (Fsp3) is 1.00. The van der Waals surface area contributed by atoms with Crippen LogP contribution in [-0.2, 0) is 8.95 Å². The molecule has 3 nitrogen and oxygen atoms in total. The summed E-state index contributed by atoms with van der Waals surface area (Å²) < 4.78 is 12.6. The Morgan fingerprint density at radius 3 is 2.61 bits per heavy atom. The second-order valence-corrected chi connectivity index (χ2v) is 11.3. The van der Waals surface area contributed by atoms with Crippen LogP contribution in [0.5, 0.6) is 0 Å². The van der Waals surface area contributed by atoms with E-state index in [0.717, 1.165) is 44.5 Å². The van der Waals surface area contributed by atoms with Gasteiger partial charge in [0, 0.05) is 18.4 Å². The van der Waals surface area contributed by atoms with Gasteiger partial charge in [0.1, 0.15) is 0 Å². The van der Waals surface area contributed by atoms with Crippen molar-refractivity contribution in [3.05, 3.63) is 0 Å². The third-order valence-electron chi connectivity index (χ3n) is 4.91. The molecule has 0 aromatic heterocycles. The first kappa shape index (κ1) is 21.5. The van der Waals surface area contributed by atoms with Crippen LogP contribution in [0.25, 0.3) is 0 Å². The molecular weight excluding hydrogens is 322 g/mol. The summed E-state index contributed by atoms with van der Waals surface area (Å²) >= 11 is 4.67. The van der Waals surface area contributed by atoms with E-state index < -0.39 is 8.56 Å². The molecule has 138 valence electrons. The zero-order valence-electron chi connectivity index (χ0n) is 15.6. The van der Waals surface area contributed by atoms with Crippen molar-refractivity contribution in [3.63, 3.8) is 0 Å². The van der Waals surface area contributed by atoms with E-state index in [0.29, 0.717) is 11.2 Å². The molecule has 3 unspecified atom stereocenters. The third-order valence-corrected chi connectivity index (χ3v) is 8.94. The Hall–Kier alpha value is 0.447. The van der Waals surface area contributed by atoms with Gasteiger partial charge in [-0.2, -0.15) is 12.6 Å². The van der Waals surface area contributed by atoms with Crippen molar-refractivity contribution >= 4 is 21.2 Å². The quantitative estimate of drug-likeness (QED) is 0.291. The van der Waals surface area contributed by atoms with Crippen molar-refractivity contribution in [3.8, 4) is 0 Å². The van der Waals surface area contributed by atoms with Crippen molar-refractivity contribution in [2.24, 2.45) is 5.92 Å². The van der Waals surface area contributed by atoms with Gasteiger partial charge in [-0.1, -0.05) is 59.3 Å². The average Bonchev–Trinajstić information content (AvgIpc) is 2.53. The van der Waals surface area contributed by atoms with Crippen LogP contribution >= 0.6 is 12.6 Å². The smallest absolute Gasteiger partial charge is 0.358 e. The van der Waals surface area contributed by atoms with Gasteiger partial charge in [0.25, 0.3) is 0 Å². The maximum Gasteiger partial charge on any atom is 0.358 e. The molecule has 5 heteroatoms. The number of rotatable bonds is 11. The van der Waals surface area contributed by atoms with E-state index in [4.69, 9.17) is 8.95 Å². The Kier molecular flexibility index (Phi) is 11.9. The lowest BCUT2D eigenvalue weighted by Crippen LogP contribution is -2.49. The van der Waals surface area contributed by atoms with Gasteiger partial charge in [-0.3, -0.25) is 0 Å². The molecule has 1 N–H and O–H groups in total. The van der Waals surface area contributed by atoms with E-state index in [-0.39, 0.29) is 0 Å². The molecule has 1 aliphatic heterocycles. The van der Waals surface area contributed by atoms with Gasteiger partial charge in [0.15, 0.2) is 0 Å². The standard InChI is InChI=1S/C18H39NO2SSi/c1-4-6-7-8-9-10-14-23(15-12-18(22)5-2)20-13-11-17(3)16-19-21-23/h17-19,22H,4-16H2,1-3H3. The molecule has 23 heavy (non-hydrogen) atoms. The normalized spacial score (nSPS) is 27.4. The van der Waals surface area contributed by atoms with E-state index in [9.17, 15) is 0 Å². The fourth-order valence-electron chi connectivity index (χ4n) is 3.03. The van der Waals surface area contributed by atoms with Crippen molar-refractivity contribution < 1.29 is 8.95 Å². The first-order valence-corrected chi connectivity index (χ1v) is 12.6. The Bertz CT molecular complexity index is 284. The van der Waals surface area contributed by atoms with E-state index in [2.05, 4.69) is 38.9 Å². The molecule has 1 saturated heterocycles. The molecule has 1 fully saturated rings. The monoisotopic (exact) mass is 361 g/mol. The predicted octanol–water partition coefficient (Wildman–Crippen LogP) is 5.47. The molecule has 0 saturated carbocycles. The molecular formula is C18H39NO2SSi. The van der Waals surface area contributed by atoms with Crippen LogP contribution in [0.15, 0.2) is 0 Å². The summed E-state index contributed by atoms with van der Waals surface area (Å²) in [4.78, 5) is 0. The summed E-state index contributed by atoms with van der Waals surface area (Å²) in [6, 6.07) is 2.20. The van der Waals surface area contributed by atoms with Gasteiger partial charge < -0.3 is 8.95 Å². The lowest BCUT2D eigenvalue weighted by molar-refractivity contribution is 0.0681. The second kappa shape index (κ2) is 12.8. The molecule has 1 rings (SSSR count). The minimum atomic E-state index is -2.10.